The van der Waals surface area contributed by atoms with Gasteiger partial charge in [0.05, 0.1) is 12.2 Å². The van der Waals surface area contributed by atoms with Crippen molar-refractivity contribution in [2.24, 2.45) is 11.7 Å². The molecule has 1 amide bonds. The van der Waals surface area contributed by atoms with Gasteiger partial charge in [-0.1, -0.05) is 26.0 Å². The first kappa shape index (κ1) is 10.6. The number of hydrogen-bond acceptors (Lipinski definition) is 2. The van der Waals surface area contributed by atoms with Crippen LogP contribution in [0.2, 0.25) is 0 Å². The highest BCUT2D eigenvalue weighted by molar-refractivity contribution is 5.95. The highest BCUT2D eigenvalue weighted by atomic mass is 16.5. The number of hydrogen-bond donors (Lipinski definition) is 1. The molecule has 14 heavy (non-hydrogen) atoms. The van der Waals surface area contributed by atoms with E-state index in [1.807, 2.05) is 19.9 Å². The fraction of sp³-hybridized carbons (Fsp3) is 0.364. The molecule has 2 N–H and O–H groups in total. The highest BCUT2D eigenvalue weighted by Gasteiger charge is 2.08. The molecule has 0 aliphatic heterocycles. The van der Waals surface area contributed by atoms with Crippen LogP contribution in [-0.2, 0) is 0 Å². The van der Waals surface area contributed by atoms with Gasteiger partial charge in [-0.25, -0.2) is 0 Å². The molecule has 76 valence electrons. The lowest BCUT2D eigenvalue weighted by Gasteiger charge is -2.10. The van der Waals surface area contributed by atoms with Gasteiger partial charge >= 0.3 is 0 Å². The van der Waals surface area contributed by atoms with Gasteiger partial charge < -0.3 is 10.5 Å². The lowest BCUT2D eigenvalue weighted by molar-refractivity contribution is 0.0995. The third-order valence-corrected chi connectivity index (χ3v) is 1.72. The van der Waals surface area contributed by atoms with Crippen molar-refractivity contribution in [2.45, 2.75) is 13.8 Å². The van der Waals surface area contributed by atoms with Gasteiger partial charge in [-0.3, -0.25) is 4.79 Å². The molecule has 0 saturated carbocycles. The number of para-hydroxylation sites is 1. The van der Waals surface area contributed by atoms with Crippen LogP contribution in [0.4, 0.5) is 0 Å². The average Bonchev–Trinajstić information content (AvgIpc) is 2.15. The van der Waals surface area contributed by atoms with Gasteiger partial charge in [0.1, 0.15) is 5.75 Å². The normalized spacial score (nSPS) is 10.2. The predicted molar refractivity (Wildman–Crippen MR) is 55.3 cm³/mol. The summed E-state index contributed by atoms with van der Waals surface area (Å²) in [6.45, 7) is 4.68. The maximum Gasteiger partial charge on any atom is 0.252 e. The van der Waals surface area contributed by atoms with Gasteiger partial charge in [-0.15, -0.1) is 0 Å². The summed E-state index contributed by atoms with van der Waals surface area (Å²) in [5.74, 6) is 0.536. The van der Waals surface area contributed by atoms with Crippen LogP contribution >= 0.6 is 0 Å². The van der Waals surface area contributed by atoms with E-state index >= 15 is 0 Å². The van der Waals surface area contributed by atoms with E-state index in [9.17, 15) is 4.79 Å². The first-order chi connectivity index (χ1) is 6.61. The Labute approximate surface area is 83.9 Å². The van der Waals surface area contributed by atoms with Crippen molar-refractivity contribution in [3.8, 4) is 5.75 Å². The monoisotopic (exact) mass is 193 g/mol. The summed E-state index contributed by atoms with van der Waals surface area (Å²) in [5, 5.41) is 0. The van der Waals surface area contributed by atoms with Crippen LogP contribution in [0.5, 0.6) is 5.75 Å². The van der Waals surface area contributed by atoms with Gasteiger partial charge in [0.15, 0.2) is 0 Å². The molecule has 0 aromatic heterocycles. The average molecular weight is 193 g/mol. The van der Waals surface area contributed by atoms with E-state index in [0.29, 0.717) is 23.8 Å². The van der Waals surface area contributed by atoms with Crippen LogP contribution in [0.1, 0.15) is 24.2 Å². The largest absolute Gasteiger partial charge is 0.492 e. The second kappa shape index (κ2) is 4.65. The summed E-state index contributed by atoms with van der Waals surface area (Å²) >= 11 is 0. The molecule has 0 heterocycles. The van der Waals surface area contributed by atoms with E-state index < -0.39 is 5.91 Å². The van der Waals surface area contributed by atoms with E-state index in [1.165, 1.54) is 0 Å². The Balaban J connectivity index is 2.79. The van der Waals surface area contributed by atoms with Gasteiger partial charge in [-0.2, -0.15) is 0 Å². The Kier molecular flexibility index (Phi) is 3.51. The number of primary amides is 1. The Morgan fingerprint density at radius 2 is 2.07 bits per heavy atom. The zero-order chi connectivity index (χ0) is 10.6. The van der Waals surface area contributed by atoms with Crippen LogP contribution in [-0.4, -0.2) is 12.5 Å². The SMILES string of the molecule is CC(C)COc1ccccc1C(N)=O. The van der Waals surface area contributed by atoms with Gasteiger partial charge in [0.2, 0.25) is 0 Å². The molecule has 0 unspecified atom stereocenters. The number of ether oxygens (including phenoxy) is 1. The van der Waals surface area contributed by atoms with E-state index in [4.69, 9.17) is 10.5 Å². The van der Waals surface area contributed by atoms with Crippen molar-refractivity contribution in [3.63, 3.8) is 0 Å². The summed E-state index contributed by atoms with van der Waals surface area (Å²) in [6.07, 6.45) is 0. The smallest absolute Gasteiger partial charge is 0.252 e. The topological polar surface area (TPSA) is 52.3 Å². The number of nitrogens with two attached hydrogens (primary N) is 1. The second-order valence-electron chi connectivity index (χ2n) is 3.57. The summed E-state index contributed by atoms with van der Waals surface area (Å²) in [4.78, 5) is 11.0. The van der Waals surface area contributed by atoms with Crippen LogP contribution in [0.15, 0.2) is 24.3 Å². The van der Waals surface area contributed by atoms with E-state index in [0.717, 1.165) is 0 Å². The molecule has 1 rings (SSSR count). The van der Waals surface area contributed by atoms with Crippen molar-refractivity contribution < 1.29 is 9.53 Å². The molecular weight excluding hydrogens is 178 g/mol. The first-order valence-electron chi connectivity index (χ1n) is 4.63. The lowest BCUT2D eigenvalue weighted by atomic mass is 10.2. The summed E-state index contributed by atoms with van der Waals surface area (Å²) in [6, 6.07) is 7.00. The van der Waals surface area contributed by atoms with Gasteiger partial charge in [0, 0.05) is 0 Å². The minimum absolute atomic E-state index is 0.427. The molecule has 1 aromatic carbocycles. The van der Waals surface area contributed by atoms with Crippen LogP contribution in [0, 0.1) is 5.92 Å². The molecule has 1 aromatic rings. The lowest BCUT2D eigenvalue weighted by Crippen LogP contribution is -2.14. The van der Waals surface area contributed by atoms with E-state index in [-0.39, 0.29) is 0 Å². The zero-order valence-electron chi connectivity index (χ0n) is 8.49. The van der Waals surface area contributed by atoms with Crippen LogP contribution in [0.3, 0.4) is 0 Å². The van der Waals surface area contributed by atoms with E-state index in [2.05, 4.69) is 0 Å². The maximum absolute atomic E-state index is 11.0. The minimum Gasteiger partial charge on any atom is -0.492 e. The number of carbonyl (C=O) groups is 1. The third kappa shape index (κ3) is 2.76. The molecule has 0 saturated heterocycles. The molecule has 0 spiro atoms. The zero-order valence-corrected chi connectivity index (χ0v) is 8.49. The van der Waals surface area contributed by atoms with Crippen molar-refractivity contribution in [3.05, 3.63) is 29.8 Å². The van der Waals surface area contributed by atoms with Crippen molar-refractivity contribution >= 4 is 5.91 Å². The highest BCUT2D eigenvalue weighted by Crippen LogP contribution is 2.17. The summed E-state index contributed by atoms with van der Waals surface area (Å²) in [5.41, 5.74) is 5.64. The Hall–Kier alpha value is -1.51. The first-order valence-corrected chi connectivity index (χ1v) is 4.63. The molecule has 3 nitrogen and oxygen atoms in total. The van der Waals surface area contributed by atoms with Gasteiger partial charge in [-0.05, 0) is 18.1 Å². The predicted octanol–water partition coefficient (Wildman–Crippen LogP) is 1.82. The fourth-order valence-corrected chi connectivity index (χ4v) is 1.05. The van der Waals surface area contributed by atoms with Gasteiger partial charge in [0.25, 0.3) is 5.91 Å². The third-order valence-electron chi connectivity index (χ3n) is 1.72. The van der Waals surface area contributed by atoms with Crippen molar-refractivity contribution in [2.75, 3.05) is 6.61 Å². The second-order valence-corrected chi connectivity index (χ2v) is 3.57. The van der Waals surface area contributed by atoms with Crippen molar-refractivity contribution in [1.82, 2.24) is 0 Å². The molecule has 0 atom stereocenters. The molecule has 0 radical (unpaired) electrons. The minimum atomic E-state index is -0.454. The Morgan fingerprint density at radius 3 is 2.64 bits per heavy atom. The molecule has 0 aliphatic rings. The van der Waals surface area contributed by atoms with Crippen LogP contribution < -0.4 is 10.5 Å². The van der Waals surface area contributed by atoms with Crippen LogP contribution in [0.25, 0.3) is 0 Å². The standard InChI is InChI=1S/C11H15NO2/c1-8(2)7-14-10-6-4-3-5-9(10)11(12)13/h3-6,8H,7H2,1-2H3,(H2,12,13). The molecule has 0 bridgehead atoms. The maximum atomic E-state index is 11.0. The van der Waals surface area contributed by atoms with E-state index in [1.54, 1.807) is 18.2 Å². The number of rotatable bonds is 4. The quantitative estimate of drug-likeness (QED) is 0.793. The summed E-state index contributed by atoms with van der Waals surface area (Å²) in [7, 11) is 0. The number of benzene rings is 1. The summed E-state index contributed by atoms with van der Waals surface area (Å²) < 4.78 is 5.46. The molecule has 3 heteroatoms. The number of carbonyl (C=O) groups excluding carboxylic acids is 1. The number of amides is 1. The van der Waals surface area contributed by atoms with Crippen molar-refractivity contribution in [1.29, 1.82) is 0 Å². The molecular formula is C11H15NO2. The molecule has 0 aliphatic carbocycles. The Morgan fingerprint density at radius 1 is 1.43 bits per heavy atom. The molecule has 0 fully saturated rings. The Bertz CT molecular complexity index is 321. The fourth-order valence-electron chi connectivity index (χ4n) is 1.05.